The largest absolute Gasteiger partial charge is 0.340 e. The van der Waals surface area contributed by atoms with Gasteiger partial charge in [0.25, 0.3) is 5.91 Å². The predicted molar refractivity (Wildman–Crippen MR) is 107 cm³/mol. The average Bonchev–Trinajstić information content (AvgIpc) is 3.37. The maximum atomic E-state index is 13.0. The molecule has 0 unspecified atom stereocenters. The molecule has 0 atom stereocenters. The van der Waals surface area contributed by atoms with E-state index in [-0.39, 0.29) is 5.91 Å². The minimum atomic E-state index is -0.101. The van der Waals surface area contributed by atoms with Gasteiger partial charge in [-0.05, 0) is 24.6 Å². The van der Waals surface area contributed by atoms with E-state index in [0.717, 1.165) is 24.2 Å². The number of fused-ring (bicyclic) bond motifs is 1. The summed E-state index contributed by atoms with van der Waals surface area (Å²) >= 11 is 0. The van der Waals surface area contributed by atoms with Crippen LogP contribution in [-0.4, -0.2) is 48.5 Å². The van der Waals surface area contributed by atoms with Crippen LogP contribution in [0.2, 0.25) is 0 Å². The Balaban J connectivity index is 1.83. The lowest BCUT2D eigenvalue weighted by Crippen LogP contribution is -2.28. The van der Waals surface area contributed by atoms with Crippen molar-refractivity contribution >= 4 is 11.4 Å². The summed E-state index contributed by atoms with van der Waals surface area (Å²) in [7, 11) is 1.81. The summed E-state index contributed by atoms with van der Waals surface area (Å²) in [5.41, 5.74) is 2.83. The summed E-state index contributed by atoms with van der Waals surface area (Å²) in [6.07, 6.45) is 8.92. The molecule has 0 bridgehead atoms. The van der Waals surface area contributed by atoms with Crippen LogP contribution in [0.25, 0.3) is 22.7 Å². The lowest BCUT2D eigenvalue weighted by molar-refractivity contribution is 0.0790. The predicted octanol–water partition coefficient (Wildman–Crippen LogP) is 3.45. The van der Waals surface area contributed by atoms with Gasteiger partial charge in [-0.1, -0.05) is 31.5 Å². The summed E-state index contributed by atoms with van der Waals surface area (Å²) < 4.78 is 3.72. The van der Waals surface area contributed by atoms with Gasteiger partial charge in [0.15, 0.2) is 11.5 Å². The molecule has 0 N–H and O–H groups in total. The normalized spacial score (nSPS) is 11.1. The highest BCUT2D eigenvalue weighted by Crippen LogP contribution is 2.25. The quantitative estimate of drug-likeness (QED) is 0.518. The van der Waals surface area contributed by atoms with Gasteiger partial charge in [0.1, 0.15) is 5.69 Å². The van der Waals surface area contributed by atoms with Crippen molar-refractivity contribution in [2.75, 3.05) is 13.6 Å². The molecule has 0 spiro atoms. The zero-order valence-corrected chi connectivity index (χ0v) is 16.0. The van der Waals surface area contributed by atoms with Gasteiger partial charge in [0, 0.05) is 26.0 Å². The molecule has 0 aliphatic heterocycles. The van der Waals surface area contributed by atoms with Gasteiger partial charge < -0.3 is 4.90 Å². The number of carbonyl (C=O) groups is 1. The molecule has 1 amide bonds. The monoisotopic (exact) mass is 374 g/mol. The highest BCUT2D eigenvalue weighted by molar-refractivity contribution is 5.99. The number of rotatable bonds is 6. The van der Waals surface area contributed by atoms with Crippen LogP contribution >= 0.6 is 0 Å². The first kappa shape index (κ1) is 17.9. The molecule has 1 aromatic carbocycles. The third kappa shape index (κ3) is 3.15. The highest BCUT2D eigenvalue weighted by atomic mass is 16.2. The Hall–Kier alpha value is -3.48. The molecule has 7 nitrogen and oxygen atoms in total. The highest BCUT2D eigenvalue weighted by Gasteiger charge is 2.23. The van der Waals surface area contributed by atoms with E-state index in [1.165, 1.54) is 0 Å². The van der Waals surface area contributed by atoms with Crippen LogP contribution in [0.5, 0.6) is 0 Å². The maximum absolute atomic E-state index is 13.0. The van der Waals surface area contributed by atoms with Crippen LogP contribution in [0.4, 0.5) is 0 Å². The minimum absolute atomic E-state index is 0.101. The molecule has 28 heavy (non-hydrogen) atoms. The van der Waals surface area contributed by atoms with Gasteiger partial charge in [-0.15, -0.1) is 0 Å². The van der Waals surface area contributed by atoms with Crippen molar-refractivity contribution in [1.82, 2.24) is 29.0 Å². The zero-order chi connectivity index (χ0) is 19.5. The second-order valence-corrected chi connectivity index (χ2v) is 6.66. The molecule has 0 aliphatic carbocycles. The third-order valence-corrected chi connectivity index (χ3v) is 4.72. The first-order valence-electron chi connectivity index (χ1n) is 9.38. The molecule has 7 heteroatoms. The van der Waals surface area contributed by atoms with Crippen LogP contribution in [-0.2, 0) is 0 Å². The Labute approximate surface area is 163 Å². The molecule has 0 saturated carbocycles. The topological polar surface area (TPSA) is 68.3 Å². The van der Waals surface area contributed by atoms with Gasteiger partial charge in [-0.2, -0.15) is 5.10 Å². The number of hydrogen-bond donors (Lipinski definition) is 0. The first-order valence-corrected chi connectivity index (χ1v) is 9.38. The Morgan fingerprint density at radius 1 is 1.14 bits per heavy atom. The summed E-state index contributed by atoms with van der Waals surface area (Å²) in [4.78, 5) is 23.6. The number of para-hydroxylation sites is 1. The van der Waals surface area contributed by atoms with Crippen LogP contribution in [0.15, 0.2) is 61.2 Å². The van der Waals surface area contributed by atoms with E-state index < -0.39 is 0 Å². The maximum Gasteiger partial charge on any atom is 0.274 e. The number of unbranched alkanes of at least 4 members (excludes halogenated alkanes) is 1. The Morgan fingerprint density at radius 3 is 2.75 bits per heavy atom. The first-order chi connectivity index (χ1) is 13.7. The van der Waals surface area contributed by atoms with Gasteiger partial charge in [0.2, 0.25) is 0 Å². The van der Waals surface area contributed by atoms with Crippen molar-refractivity contribution in [3.8, 4) is 17.2 Å². The molecule has 0 radical (unpaired) electrons. The van der Waals surface area contributed by atoms with Crippen molar-refractivity contribution in [3.63, 3.8) is 0 Å². The van der Waals surface area contributed by atoms with Crippen LogP contribution in [0.3, 0.4) is 0 Å². The SMILES string of the molecule is CCCCN(C)C(=O)c1nc(-c2ccnn2-c2ccccc2)n2ccncc12. The van der Waals surface area contributed by atoms with Gasteiger partial charge in [-0.25, -0.2) is 9.67 Å². The lowest BCUT2D eigenvalue weighted by atomic mass is 10.3. The van der Waals surface area contributed by atoms with E-state index in [9.17, 15) is 4.79 Å². The fraction of sp³-hybridized carbons (Fsp3) is 0.238. The number of hydrogen-bond acceptors (Lipinski definition) is 4. The number of imidazole rings is 1. The molecule has 3 aromatic heterocycles. The molecule has 3 heterocycles. The number of aromatic nitrogens is 5. The summed E-state index contributed by atoms with van der Waals surface area (Å²) in [6.45, 7) is 2.81. The molecule has 0 fully saturated rings. The second-order valence-electron chi connectivity index (χ2n) is 6.66. The molecular weight excluding hydrogens is 352 g/mol. The Bertz CT molecular complexity index is 1100. The van der Waals surface area contributed by atoms with E-state index in [0.29, 0.717) is 23.6 Å². The van der Waals surface area contributed by atoms with Gasteiger partial charge in [0.05, 0.1) is 23.6 Å². The fourth-order valence-electron chi connectivity index (χ4n) is 3.20. The van der Waals surface area contributed by atoms with Crippen LogP contribution in [0, 0.1) is 0 Å². The molecule has 4 aromatic rings. The zero-order valence-electron chi connectivity index (χ0n) is 16.0. The van der Waals surface area contributed by atoms with E-state index in [1.54, 1.807) is 23.5 Å². The Morgan fingerprint density at radius 2 is 1.96 bits per heavy atom. The van der Waals surface area contributed by atoms with E-state index in [2.05, 4.69) is 17.0 Å². The Kier molecular flexibility index (Phi) is 4.89. The second kappa shape index (κ2) is 7.64. The van der Waals surface area contributed by atoms with Gasteiger partial charge >= 0.3 is 0 Å². The molecule has 142 valence electrons. The summed E-state index contributed by atoms with van der Waals surface area (Å²) in [6, 6.07) is 11.8. The van der Waals surface area contributed by atoms with Crippen molar-refractivity contribution in [2.24, 2.45) is 0 Å². The van der Waals surface area contributed by atoms with E-state index >= 15 is 0 Å². The summed E-state index contributed by atoms with van der Waals surface area (Å²) in [5, 5.41) is 4.45. The van der Waals surface area contributed by atoms with Crippen LogP contribution in [0.1, 0.15) is 30.3 Å². The number of nitrogens with zero attached hydrogens (tertiary/aromatic N) is 6. The fourth-order valence-corrected chi connectivity index (χ4v) is 3.20. The summed E-state index contributed by atoms with van der Waals surface area (Å²) in [5.74, 6) is 0.557. The van der Waals surface area contributed by atoms with Crippen molar-refractivity contribution < 1.29 is 4.79 Å². The molecule has 0 aliphatic rings. The molecular formula is C21H22N6O. The lowest BCUT2D eigenvalue weighted by Gasteiger charge is -2.15. The molecule has 4 rings (SSSR count). The van der Waals surface area contributed by atoms with E-state index in [4.69, 9.17) is 4.98 Å². The van der Waals surface area contributed by atoms with Crippen LogP contribution < -0.4 is 0 Å². The number of carbonyl (C=O) groups excluding carboxylic acids is 1. The van der Waals surface area contributed by atoms with Crippen molar-refractivity contribution in [1.29, 1.82) is 0 Å². The smallest absolute Gasteiger partial charge is 0.274 e. The number of benzene rings is 1. The van der Waals surface area contributed by atoms with Crippen molar-refractivity contribution in [2.45, 2.75) is 19.8 Å². The standard InChI is InChI=1S/C21H22N6O/c1-3-4-13-25(2)21(28)19-18-15-22-12-14-26(18)20(24-19)17-10-11-23-27(17)16-8-6-5-7-9-16/h5-12,14-15H,3-4,13H2,1-2H3. The minimum Gasteiger partial charge on any atom is -0.340 e. The van der Waals surface area contributed by atoms with Crippen molar-refractivity contribution in [3.05, 3.63) is 66.9 Å². The third-order valence-electron chi connectivity index (χ3n) is 4.72. The average molecular weight is 374 g/mol. The number of amides is 1. The van der Waals surface area contributed by atoms with E-state index in [1.807, 2.05) is 58.7 Å². The van der Waals surface area contributed by atoms with Gasteiger partial charge in [-0.3, -0.25) is 14.2 Å². The molecule has 0 saturated heterocycles.